The standard InChI is InChI=1S/C25H19F3N2O4/c1-3-33-24-13-17(12-19(15-29)18-7-4-16(2)5-8-18)6-10-23(24)34-22-11-9-20(25(26,27)28)14-21(22)30(31)32/h4-14H,3H2,1-2H3/b19-12+. The van der Waals surface area contributed by atoms with Gasteiger partial charge in [0.2, 0.25) is 5.75 Å². The van der Waals surface area contributed by atoms with Gasteiger partial charge in [-0.1, -0.05) is 35.9 Å². The normalized spacial score (nSPS) is 11.6. The molecule has 0 aliphatic heterocycles. The Labute approximate surface area is 193 Å². The van der Waals surface area contributed by atoms with E-state index in [1.165, 1.54) is 6.07 Å². The molecule has 0 fully saturated rings. The van der Waals surface area contributed by atoms with Crippen molar-refractivity contribution in [2.75, 3.05) is 6.61 Å². The number of aryl methyl sites for hydroxylation is 1. The van der Waals surface area contributed by atoms with Gasteiger partial charge in [0.05, 0.1) is 28.7 Å². The van der Waals surface area contributed by atoms with Gasteiger partial charge in [0, 0.05) is 6.07 Å². The van der Waals surface area contributed by atoms with Gasteiger partial charge in [-0.05, 0) is 55.3 Å². The van der Waals surface area contributed by atoms with Crippen molar-refractivity contribution in [3.8, 4) is 23.3 Å². The molecule has 3 rings (SSSR count). The van der Waals surface area contributed by atoms with E-state index in [2.05, 4.69) is 6.07 Å². The third-order valence-corrected chi connectivity index (χ3v) is 4.76. The van der Waals surface area contributed by atoms with Gasteiger partial charge >= 0.3 is 11.9 Å². The Morgan fingerprint density at radius 1 is 1.06 bits per heavy atom. The summed E-state index contributed by atoms with van der Waals surface area (Å²) in [5.41, 5.74) is 0.819. The van der Waals surface area contributed by atoms with Crippen LogP contribution in [-0.4, -0.2) is 11.5 Å². The summed E-state index contributed by atoms with van der Waals surface area (Å²) in [6, 6.07) is 16.3. The molecule has 0 heterocycles. The maximum atomic E-state index is 13.0. The van der Waals surface area contributed by atoms with E-state index in [4.69, 9.17) is 9.47 Å². The zero-order valence-corrected chi connectivity index (χ0v) is 18.2. The average Bonchev–Trinajstić information content (AvgIpc) is 2.79. The van der Waals surface area contributed by atoms with Gasteiger partial charge in [0.25, 0.3) is 0 Å². The molecule has 0 aliphatic rings. The number of alkyl halides is 3. The highest BCUT2D eigenvalue weighted by Gasteiger charge is 2.33. The molecule has 0 bridgehead atoms. The molecule has 0 spiro atoms. The van der Waals surface area contributed by atoms with Crippen molar-refractivity contribution < 1.29 is 27.6 Å². The lowest BCUT2D eigenvalue weighted by atomic mass is 10.0. The summed E-state index contributed by atoms with van der Waals surface area (Å²) in [5.74, 6) is -0.0676. The van der Waals surface area contributed by atoms with Crippen molar-refractivity contribution in [1.82, 2.24) is 0 Å². The van der Waals surface area contributed by atoms with Crippen LogP contribution in [0.4, 0.5) is 18.9 Å². The molecule has 0 N–H and O–H groups in total. The summed E-state index contributed by atoms with van der Waals surface area (Å²) in [6.45, 7) is 3.90. The summed E-state index contributed by atoms with van der Waals surface area (Å²) in [5, 5.41) is 20.9. The van der Waals surface area contributed by atoms with Gasteiger partial charge in [-0.3, -0.25) is 10.1 Å². The van der Waals surface area contributed by atoms with E-state index in [-0.39, 0.29) is 23.9 Å². The third-order valence-electron chi connectivity index (χ3n) is 4.76. The number of rotatable bonds is 7. The highest BCUT2D eigenvalue weighted by molar-refractivity contribution is 5.89. The molecule has 0 atom stereocenters. The van der Waals surface area contributed by atoms with E-state index < -0.39 is 22.4 Å². The number of nitriles is 1. The molecule has 0 radical (unpaired) electrons. The summed E-state index contributed by atoms with van der Waals surface area (Å²) < 4.78 is 50.1. The number of ether oxygens (including phenoxy) is 2. The van der Waals surface area contributed by atoms with Gasteiger partial charge in [-0.15, -0.1) is 0 Å². The minimum absolute atomic E-state index is 0.0794. The molecule has 3 aromatic carbocycles. The number of hydrogen-bond acceptors (Lipinski definition) is 5. The first-order chi connectivity index (χ1) is 16.1. The maximum Gasteiger partial charge on any atom is 0.416 e. The summed E-state index contributed by atoms with van der Waals surface area (Å²) in [4.78, 5) is 10.4. The van der Waals surface area contributed by atoms with E-state index in [9.17, 15) is 28.5 Å². The second kappa shape index (κ2) is 10.1. The zero-order chi connectivity index (χ0) is 24.9. The van der Waals surface area contributed by atoms with E-state index in [1.54, 1.807) is 25.1 Å². The Morgan fingerprint density at radius 3 is 2.32 bits per heavy atom. The number of halogens is 3. The summed E-state index contributed by atoms with van der Waals surface area (Å²) in [7, 11) is 0. The van der Waals surface area contributed by atoms with Crippen molar-refractivity contribution in [2.24, 2.45) is 0 Å². The van der Waals surface area contributed by atoms with Crippen molar-refractivity contribution in [3.63, 3.8) is 0 Å². The number of nitrogens with zero attached hydrogens (tertiary/aromatic N) is 2. The Balaban J connectivity index is 1.99. The lowest BCUT2D eigenvalue weighted by molar-refractivity contribution is -0.385. The van der Waals surface area contributed by atoms with Crippen LogP contribution in [0.5, 0.6) is 17.2 Å². The minimum Gasteiger partial charge on any atom is -0.490 e. The van der Waals surface area contributed by atoms with Crippen molar-refractivity contribution in [2.45, 2.75) is 20.0 Å². The van der Waals surface area contributed by atoms with Crippen LogP contribution >= 0.6 is 0 Å². The first kappa shape index (κ1) is 24.3. The van der Waals surface area contributed by atoms with Crippen LogP contribution in [0.2, 0.25) is 0 Å². The first-order valence-electron chi connectivity index (χ1n) is 10.1. The second-order valence-corrected chi connectivity index (χ2v) is 7.21. The fourth-order valence-electron chi connectivity index (χ4n) is 3.09. The topological polar surface area (TPSA) is 85.4 Å². The van der Waals surface area contributed by atoms with Gasteiger partial charge < -0.3 is 9.47 Å². The molecule has 3 aromatic rings. The monoisotopic (exact) mass is 468 g/mol. The fraction of sp³-hybridized carbons (Fsp3) is 0.160. The van der Waals surface area contributed by atoms with Crippen LogP contribution in [0.15, 0.2) is 60.7 Å². The van der Waals surface area contributed by atoms with Gasteiger partial charge in [0.15, 0.2) is 11.5 Å². The largest absolute Gasteiger partial charge is 0.490 e. The molecule has 0 amide bonds. The molecule has 0 saturated carbocycles. The lowest BCUT2D eigenvalue weighted by Gasteiger charge is -2.14. The van der Waals surface area contributed by atoms with Gasteiger partial charge in [0.1, 0.15) is 0 Å². The Bertz CT molecular complexity index is 1280. The Morgan fingerprint density at radius 2 is 1.74 bits per heavy atom. The van der Waals surface area contributed by atoms with E-state index in [0.29, 0.717) is 23.3 Å². The predicted octanol–water partition coefficient (Wildman–Crippen LogP) is 7.18. The van der Waals surface area contributed by atoms with Crippen molar-refractivity contribution in [1.29, 1.82) is 5.26 Å². The van der Waals surface area contributed by atoms with E-state index in [0.717, 1.165) is 17.2 Å². The summed E-state index contributed by atoms with van der Waals surface area (Å²) in [6.07, 6.45) is -3.08. The third kappa shape index (κ3) is 5.72. The quantitative estimate of drug-likeness (QED) is 0.159. The molecule has 0 saturated heterocycles. The molecule has 6 nitrogen and oxygen atoms in total. The van der Waals surface area contributed by atoms with Gasteiger partial charge in [-0.2, -0.15) is 18.4 Å². The number of hydrogen-bond donors (Lipinski definition) is 0. The second-order valence-electron chi connectivity index (χ2n) is 7.21. The lowest BCUT2D eigenvalue weighted by Crippen LogP contribution is -2.06. The molecule has 174 valence electrons. The molecule has 0 aliphatic carbocycles. The summed E-state index contributed by atoms with van der Waals surface area (Å²) >= 11 is 0. The fourth-order valence-corrected chi connectivity index (χ4v) is 3.09. The molecule has 34 heavy (non-hydrogen) atoms. The average molecular weight is 468 g/mol. The number of nitro groups is 1. The van der Waals surface area contributed by atoms with Crippen LogP contribution in [0, 0.1) is 28.4 Å². The number of nitro benzene ring substituents is 1. The highest BCUT2D eigenvalue weighted by atomic mass is 19.4. The van der Waals surface area contributed by atoms with Gasteiger partial charge in [-0.25, -0.2) is 0 Å². The number of benzene rings is 3. The molecular weight excluding hydrogens is 449 g/mol. The predicted molar refractivity (Wildman–Crippen MR) is 120 cm³/mol. The molecular formula is C25H19F3N2O4. The maximum absolute atomic E-state index is 13.0. The molecule has 0 aromatic heterocycles. The zero-order valence-electron chi connectivity index (χ0n) is 18.2. The Kier molecular flexibility index (Phi) is 7.21. The van der Waals surface area contributed by atoms with Crippen molar-refractivity contribution in [3.05, 3.63) is 93.0 Å². The van der Waals surface area contributed by atoms with Crippen LogP contribution in [0.25, 0.3) is 11.6 Å². The Hall–Kier alpha value is -4.32. The minimum atomic E-state index is -4.73. The SMILES string of the molecule is CCOc1cc(/C=C(\C#N)c2ccc(C)cc2)ccc1Oc1ccc(C(F)(F)F)cc1[N+](=O)[O-]. The van der Waals surface area contributed by atoms with E-state index >= 15 is 0 Å². The van der Waals surface area contributed by atoms with E-state index in [1.807, 2.05) is 31.2 Å². The highest BCUT2D eigenvalue weighted by Crippen LogP contribution is 2.40. The van der Waals surface area contributed by atoms with Crippen molar-refractivity contribution >= 4 is 17.3 Å². The van der Waals surface area contributed by atoms with Crippen LogP contribution in [-0.2, 0) is 6.18 Å². The van der Waals surface area contributed by atoms with Crippen LogP contribution in [0.3, 0.4) is 0 Å². The smallest absolute Gasteiger partial charge is 0.416 e. The molecule has 0 unspecified atom stereocenters. The van der Waals surface area contributed by atoms with Crippen LogP contribution in [0.1, 0.15) is 29.2 Å². The molecule has 9 heteroatoms. The van der Waals surface area contributed by atoms with Crippen LogP contribution < -0.4 is 9.47 Å². The first-order valence-corrected chi connectivity index (χ1v) is 10.1. The number of allylic oxidation sites excluding steroid dienone is 1.